The molecule has 0 spiro atoms. The minimum atomic E-state index is -1.20. The number of nitrogens with zero attached hydrogens (tertiary/aromatic N) is 3. The molecule has 1 aromatic heterocycles. The monoisotopic (exact) mass is 456 g/mol. The number of likely N-dealkylation sites (tertiary alicyclic amines) is 1. The number of unbranched alkanes of at least 4 members (excludes halogenated alkanes) is 3. The molecule has 8 nitrogen and oxygen atoms in total. The number of benzene rings is 1. The van der Waals surface area contributed by atoms with Crippen LogP contribution in [-0.2, 0) is 0 Å². The molecule has 1 saturated carbocycles. The number of piperidine rings is 1. The maximum Gasteiger partial charge on any atom is 0.159 e. The van der Waals surface area contributed by atoms with Crippen molar-refractivity contribution in [3.05, 3.63) is 42.2 Å². The maximum absolute atomic E-state index is 10.1. The average Bonchev–Trinajstić information content (AvgIpc) is 3.68. The molecule has 8 heteroatoms. The Hall–Kier alpha value is -2.10. The molecule has 2 fully saturated rings. The summed E-state index contributed by atoms with van der Waals surface area (Å²) in [6, 6.07) is 7.89. The smallest absolute Gasteiger partial charge is 0.159 e. The lowest BCUT2D eigenvalue weighted by Crippen LogP contribution is -2.62. The Morgan fingerprint density at radius 3 is 2.42 bits per heavy atom. The van der Waals surface area contributed by atoms with E-state index in [1.165, 1.54) is 18.4 Å². The minimum absolute atomic E-state index is 0.231. The van der Waals surface area contributed by atoms with Crippen molar-refractivity contribution in [2.75, 3.05) is 31.6 Å². The maximum atomic E-state index is 10.1. The summed E-state index contributed by atoms with van der Waals surface area (Å²) in [6.07, 6.45) is 6.79. The van der Waals surface area contributed by atoms with E-state index in [1.54, 1.807) is 12.4 Å². The molecule has 0 amide bonds. The minimum Gasteiger partial charge on any atom is -0.395 e. The Labute approximate surface area is 195 Å². The van der Waals surface area contributed by atoms with Gasteiger partial charge >= 0.3 is 0 Å². The fraction of sp³-hybridized carbons (Fsp3) is 0.600. The number of hydrogen-bond acceptors (Lipinski definition) is 8. The van der Waals surface area contributed by atoms with Crippen LogP contribution in [0.2, 0.25) is 0 Å². The number of β-amino-alcohol motifs (C(OH)–C–C–N with tert-alkyl or cyclic N) is 1. The molecule has 1 aliphatic heterocycles. The molecule has 0 radical (unpaired) electrons. The lowest BCUT2D eigenvalue weighted by molar-refractivity contribution is -0.145. The third kappa shape index (κ3) is 6.28. The molecule has 180 valence electrons. The molecule has 33 heavy (non-hydrogen) atoms. The van der Waals surface area contributed by atoms with Crippen molar-refractivity contribution in [3.8, 4) is 11.4 Å². The fourth-order valence-corrected chi connectivity index (χ4v) is 4.64. The van der Waals surface area contributed by atoms with Crippen LogP contribution in [0.5, 0.6) is 0 Å². The summed E-state index contributed by atoms with van der Waals surface area (Å²) in [6.45, 7) is 1.61. The molecule has 2 heterocycles. The highest BCUT2D eigenvalue weighted by atomic mass is 16.4. The Morgan fingerprint density at radius 2 is 1.70 bits per heavy atom. The number of nitrogens with one attached hydrogen (secondary N) is 1. The highest BCUT2D eigenvalue weighted by molar-refractivity contribution is 5.64. The molecule has 4 rings (SSSR count). The van der Waals surface area contributed by atoms with E-state index < -0.39 is 24.4 Å². The normalized spacial score (nSPS) is 25.8. The molecule has 1 aliphatic carbocycles. The van der Waals surface area contributed by atoms with Gasteiger partial charge in [-0.2, -0.15) is 0 Å². The average molecular weight is 457 g/mol. The zero-order valence-corrected chi connectivity index (χ0v) is 19.1. The van der Waals surface area contributed by atoms with Gasteiger partial charge in [-0.25, -0.2) is 9.97 Å². The van der Waals surface area contributed by atoms with Crippen molar-refractivity contribution >= 4 is 5.69 Å². The van der Waals surface area contributed by atoms with Crippen molar-refractivity contribution in [3.63, 3.8) is 0 Å². The van der Waals surface area contributed by atoms with E-state index in [4.69, 9.17) is 0 Å². The van der Waals surface area contributed by atoms with Gasteiger partial charge in [0.25, 0.3) is 0 Å². The number of hydrogen-bond donors (Lipinski definition) is 5. The molecule has 1 saturated heterocycles. The molecule has 4 atom stereocenters. The topological polar surface area (TPSA) is 122 Å². The van der Waals surface area contributed by atoms with Gasteiger partial charge in [-0.1, -0.05) is 12.8 Å². The quantitative estimate of drug-likeness (QED) is 0.324. The number of aliphatic hydroxyl groups excluding tert-OH is 4. The Bertz CT molecular complexity index is 880. The lowest BCUT2D eigenvalue weighted by atomic mass is 9.94. The molecule has 5 N–H and O–H groups in total. The van der Waals surface area contributed by atoms with Crippen LogP contribution in [0.25, 0.3) is 11.4 Å². The second-order valence-electron chi connectivity index (χ2n) is 9.32. The Kier molecular flexibility index (Phi) is 8.27. The van der Waals surface area contributed by atoms with Crippen LogP contribution in [0.4, 0.5) is 5.69 Å². The first-order chi connectivity index (χ1) is 16.1. The summed E-state index contributed by atoms with van der Waals surface area (Å²) >= 11 is 0. The zero-order chi connectivity index (χ0) is 23.2. The van der Waals surface area contributed by atoms with E-state index in [1.807, 2.05) is 11.0 Å². The summed E-state index contributed by atoms with van der Waals surface area (Å²) in [5, 5.41) is 42.9. The summed E-state index contributed by atoms with van der Waals surface area (Å²) in [5.41, 5.74) is 3.52. The molecule has 2 aromatic rings. The molecule has 4 unspecified atom stereocenters. The van der Waals surface area contributed by atoms with Crippen LogP contribution < -0.4 is 5.32 Å². The van der Waals surface area contributed by atoms with Crippen molar-refractivity contribution in [2.45, 2.75) is 68.8 Å². The van der Waals surface area contributed by atoms with E-state index in [2.05, 4.69) is 33.5 Å². The van der Waals surface area contributed by atoms with Gasteiger partial charge in [0, 0.05) is 36.7 Å². The molecule has 1 aromatic carbocycles. The number of rotatable bonds is 11. The summed E-state index contributed by atoms with van der Waals surface area (Å²) in [4.78, 5) is 10.7. The van der Waals surface area contributed by atoms with E-state index in [0.29, 0.717) is 12.5 Å². The van der Waals surface area contributed by atoms with E-state index in [9.17, 15) is 20.4 Å². The van der Waals surface area contributed by atoms with Gasteiger partial charge < -0.3 is 25.7 Å². The van der Waals surface area contributed by atoms with Gasteiger partial charge in [-0.15, -0.1) is 0 Å². The summed E-state index contributed by atoms with van der Waals surface area (Å²) in [7, 11) is 0. The predicted molar refractivity (Wildman–Crippen MR) is 127 cm³/mol. The van der Waals surface area contributed by atoms with Crippen molar-refractivity contribution in [2.24, 2.45) is 0 Å². The SMILES string of the molecule is OCC1C(O)C(O)C(O)CN1CCCCCCNc1cc(-c2ncccn2)cc(C2CC2)c1. The molecule has 2 aliphatic rings. The second-order valence-corrected chi connectivity index (χ2v) is 9.32. The zero-order valence-electron chi connectivity index (χ0n) is 19.1. The van der Waals surface area contributed by atoms with Gasteiger partial charge in [-0.3, -0.25) is 4.90 Å². The third-order valence-electron chi connectivity index (χ3n) is 6.75. The first-order valence-corrected chi connectivity index (χ1v) is 12.1. The highest BCUT2D eigenvalue weighted by Gasteiger charge is 2.40. The number of aliphatic hydroxyl groups is 4. The van der Waals surface area contributed by atoms with Gasteiger partial charge in [0.1, 0.15) is 12.2 Å². The fourth-order valence-electron chi connectivity index (χ4n) is 4.64. The third-order valence-corrected chi connectivity index (χ3v) is 6.75. The molecule has 0 bridgehead atoms. The van der Waals surface area contributed by atoms with Crippen LogP contribution in [-0.4, -0.2) is 85.9 Å². The Balaban J connectivity index is 1.21. The number of anilines is 1. The highest BCUT2D eigenvalue weighted by Crippen LogP contribution is 2.42. The first-order valence-electron chi connectivity index (χ1n) is 12.1. The van der Waals surface area contributed by atoms with Crippen LogP contribution in [0.15, 0.2) is 36.7 Å². The van der Waals surface area contributed by atoms with Crippen LogP contribution in [0, 0.1) is 0 Å². The second kappa shape index (κ2) is 11.4. The van der Waals surface area contributed by atoms with Crippen LogP contribution in [0.3, 0.4) is 0 Å². The van der Waals surface area contributed by atoms with Gasteiger partial charge in [0.2, 0.25) is 0 Å². The standard InChI is InChI=1S/C25H36N4O4/c30-16-21-23(32)24(33)22(31)15-29(21)11-4-2-1-3-8-26-20-13-18(17-6-7-17)12-19(14-20)25-27-9-5-10-28-25/h5,9-10,12-14,17,21-24,26,30-33H,1-4,6-8,11,15-16H2. The summed E-state index contributed by atoms with van der Waals surface area (Å²) < 4.78 is 0. The molecular formula is C25H36N4O4. The van der Waals surface area contributed by atoms with Crippen molar-refractivity contribution in [1.82, 2.24) is 14.9 Å². The van der Waals surface area contributed by atoms with E-state index in [0.717, 1.165) is 49.3 Å². The van der Waals surface area contributed by atoms with Gasteiger partial charge in [0.15, 0.2) is 5.82 Å². The van der Waals surface area contributed by atoms with E-state index in [-0.39, 0.29) is 13.2 Å². The van der Waals surface area contributed by atoms with Gasteiger partial charge in [-0.05, 0) is 68.0 Å². The first kappa shape index (κ1) is 24.0. The van der Waals surface area contributed by atoms with Crippen LogP contribution in [0.1, 0.15) is 50.0 Å². The van der Waals surface area contributed by atoms with Gasteiger partial charge in [0.05, 0.1) is 18.8 Å². The predicted octanol–water partition coefficient (Wildman–Crippen LogP) is 1.75. The van der Waals surface area contributed by atoms with E-state index >= 15 is 0 Å². The summed E-state index contributed by atoms with van der Waals surface area (Å²) in [5.74, 6) is 1.41. The lowest BCUT2D eigenvalue weighted by Gasteiger charge is -2.43. The van der Waals surface area contributed by atoms with Crippen molar-refractivity contribution < 1.29 is 20.4 Å². The number of aromatic nitrogens is 2. The largest absolute Gasteiger partial charge is 0.395 e. The van der Waals surface area contributed by atoms with Crippen LogP contribution >= 0.6 is 0 Å². The molecular weight excluding hydrogens is 420 g/mol. The van der Waals surface area contributed by atoms with Crippen molar-refractivity contribution in [1.29, 1.82) is 0 Å². The Morgan fingerprint density at radius 1 is 0.939 bits per heavy atom.